The predicted octanol–water partition coefficient (Wildman–Crippen LogP) is -0.384. The first-order valence-corrected chi connectivity index (χ1v) is 4.11. The summed E-state index contributed by atoms with van der Waals surface area (Å²) < 4.78 is 0. The maximum Gasteiger partial charge on any atom is 0.272 e. The highest BCUT2D eigenvalue weighted by Gasteiger charge is 2.22. The van der Waals surface area contributed by atoms with Gasteiger partial charge in [0.05, 0.1) is 6.33 Å². The minimum absolute atomic E-state index is 0.155. The summed E-state index contributed by atoms with van der Waals surface area (Å²) in [7, 11) is 0. The molecule has 5 heteroatoms. The van der Waals surface area contributed by atoms with Crippen LogP contribution in [0.5, 0.6) is 0 Å². The quantitative estimate of drug-likeness (QED) is 0.638. The zero-order valence-corrected chi connectivity index (χ0v) is 6.99. The molecule has 1 N–H and O–H groups in total. The molecule has 0 aliphatic carbocycles. The van der Waals surface area contributed by atoms with E-state index in [0.29, 0.717) is 0 Å². The molecule has 1 aliphatic rings. The first kappa shape index (κ1) is 7.97. The number of carbonyl (C=O) groups is 1. The molecule has 1 aromatic rings. The molecule has 0 atom stereocenters. The number of rotatable bonds is 1. The Morgan fingerprint density at radius 2 is 2.31 bits per heavy atom. The first-order valence-electron chi connectivity index (χ1n) is 4.11. The molecule has 1 aliphatic heterocycles. The van der Waals surface area contributed by atoms with Crippen molar-refractivity contribution in [1.29, 1.82) is 0 Å². The molecular weight excluding hydrogens is 170 g/mol. The van der Waals surface area contributed by atoms with Crippen LogP contribution in [-0.2, 0) is 0 Å². The van der Waals surface area contributed by atoms with E-state index in [1.54, 1.807) is 4.90 Å². The zero-order chi connectivity index (χ0) is 9.26. The number of nitrogens with one attached hydrogen (secondary N) is 1. The van der Waals surface area contributed by atoms with Crippen LogP contribution in [0, 0.1) is 0 Å². The van der Waals surface area contributed by atoms with Gasteiger partial charge in [-0.15, -0.1) is 0 Å². The third kappa shape index (κ3) is 1.44. The second-order valence-electron chi connectivity index (χ2n) is 2.94. The number of aromatic nitrogens is 2. The largest absolute Gasteiger partial charge is 0.337 e. The molecule has 13 heavy (non-hydrogen) atoms. The fraction of sp³-hybridized carbons (Fsp3) is 0.375. The van der Waals surface area contributed by atoms with Crippen LogP contribution in [0.25, 0.3) is 0 Å². The topological polar surface area (TPSA) is 66.1 Å². The van der Waals surface area contributed by atoms with E-state index in [4.69, 9.17) is 0 Å². The lowest BCUT2D eigenvalue weighted by molar-refractivity contribution is 0.0645. The number of hydrogen-bond acceptors (Lipinski definition) is 3. The molecular formula is C8H9N3O2. The highest BCUT2D eigenvalue weighted by Crippen LogP contribution is 2.08. The van der Waals surface area contributed by atoms with E-state index in [0.717, 1.165) is 19.5 Å². The molecule has 1 fully saturated rings. The lowest BCUT2D eigenvalue weighted by atomic mass is 10.2. The van der Waals surface area contributed by atoms with Gasteiger partial charge in [0.2, 0.25) is 0 Å². The van der Waals surface area contributed by atoms with Crippen LogP contribution in [-0.4, -0.2) is 33.9 Å². The molecule has 1 aromatic heterocycles. The van der Waals surface area contributed by atoms with Crippen molar-refractivity contribution in [2.24, 2.45) is 0 Å². The number of nitrogens with zero attached hydrogens (tertiary/aromatic N) is 2. The Kier molecular flexibility index (Phi) is 1.84. The summed E-state index contributed by atoms with van der Waals surface area (Å²) in [6.07, 6.45) is 2.28. The Labute approximate surface area is 74.4 Å². The van der Waals surface area contributed by atoms with Crippen molar-refractivity contribution in [3.63, 3.8) is 0 Å². The van der Waals surface area contributed by atoms with Crippen molar-refractivity contribution in [1.82, 2.24) is 14.9 Å². The van der Waals surface area contributed by atoms with E-state index in [-0.39, 0.29) is 17.2 Å². The molecule has 0 radical (unpaired) electrons. The minimum Gasteiger partial charge on any atom is -0.337 e. The van der Waals surface area contributed by atoms with E-state index >= 15 is 0 Å². The van der Waals surface area contributed by atoms with Crippen LogP contribution in [0.3, 0.4) is 0 Å². The highest BCUT2D eigenvalue weighted by molar-refractivity contribution is 5.92. The van der Waals surface area contributed by atoms with Crippen LogP contribution >= 0.6 is 0 Å². The van der Waals surface area contributed by atoms with Crippen molar-refractivity contribution >= 4 is 5.91 Å². The number of amides is 1. The van der Waals surface area contributed by atoms with Crippen LogP contribution in [0.15, 0.2) is 17.2 Å². The van der Waals surface area contributed by atoms with Gasteiger partial charge in [0.1, 0.15) is 5.69 Å². The summed E-state index contributed by atoms with van der Waals surface area (Å²) in [4.78, 5) is 30.2. The van der Waals surface area contributed by atoms with Gasteiger partial charge in [-0.25, -0.2) is 4.98 Å². The van der Waals surface area contributed by atoms with Gasteiger partial charge in [0, 0.05) is 19.2 Å². The molecule has 2 rings (SSSR count). The number of H-pyrrole nitrogens is 1. The van der Waals surface area contributed by atoms with Gasteiger partial charge in [0.15, 0.2) is 0 Å². The average Bonchev–Trinajstić information content (AvgIpc) is 2.01. The maximum absolute atomic E-state index is 11.5. The summed E-state index contributed by atoms with van der Waals surface area (Å²) >= 11 is 0. The Morgan fingerprint density at radius 3 is 2.85 bits per heavy atom. The van der Waals surface area contributed by atoms with Crippen LogP contribution < -0.4 is 5.56 Å². The van der Waals surface area contributed by atoms with Gasteiger partial charge in [-0.1, -0.05) is 0 Å². The summed E-state index contributed by atoms with van der Waals surface area (Å²) in [5.74, 6) is -0.155. The van der Waals surface area contributed by atoms with Crippen LogP contribution in [0.1, 0.15) is 16.9 Å². The molecule has 5 nitrogen and oxygen atoms in total. The Morgan fingerprint density at radius 1 is 1.54 bits per heavy atom. The van der Waals surface area contributed by atoms with Crippen molar-refractivity contribution in [2.75, 3.05) is 13.1 Å². The standard InChI is InChI=1S/C8H9N3O2/c12-7-4-6(9-5-10-7)8(13)11-2-1-3-11/h4-5H,1-3H2,(H,9,10,12). The molecule has 1 amide bonds. The van der Waals surface area contributed by atoms with E-state index in [9.17, 15) is 9.59 Å². The van der Waals surface area contributed by atoms with Crippen molar-refractivity contribution in [2.45, 2.75) is 6.42 Å². The molecule has 2 heterocycles. The third-order valence-electron chi connectivity index (χ3n) is 2.04. The molecule has 0 aromatic carbocycles. The summed E-state index contributed by atoms with van der Waals surface area (Å²) in [6, 6.07) is 1.22. The Bertz CT molecular complexity index is 381. The van der Waals surface area contributed by atoms with Gasteiger partial charge in [0.25, 0.3) is 11.5 Å². The smallest absolute Gasteiger partial charge is 0.272 e. The van der Waals surface area contributed by atoms with Gasteiger partial charge >= 0.3 is 0 Å². The molecule has 0 unspecified atom stereocenters. The van der Waals surface area contributed by atoms with Crippen molar-refractivity contribution < 1.29 is 4.79 Å². The fourth-order valence-electron chi connectivity index (χ4n) is 1.17. The zero-order valence-electron chi connectivity index (χ0n) is 6.99. The van der Waals surface area contributed by atoms with E-state index in [1.807, 2.05) is 0 Å². The number of likely N-dealkylation sites (tertiary alicyclic amines) is 1. The fourth-order valence-corrected chi connectivity index (χ4v) is 1.17. The second-order valence-corrected chi connectivity index (χ2v) is 2.94. The third-order valence-corrected chi connectivity index (χ3v) is 2.04. The van der Waals surface area contributed by atoms with E-state index in [1.165, 1.54) is 12.4 Å². The van der Waals surface area contributed by atoms with Gasteiger partial charge in [-0.3, -0.25) is 9.59 Å². The first-order chi connectivity index (χ1) is 6.27. The van der Waals surface area contributed by atoms with Gasteiger partial charge in [-0.2, -0.15) is 0 Å². The second kappa shape index (κ2) is 3.01. The van der Waals surface area contributed by atoms with Gasteiger partial charge in [-0.05, 0) is 6.42 Å². The molecule has 0 saturated carbocycles. The monoisotopic (exact) mass is 179 g/mol. The van der Waals surface area contributed by atoms with Crippen molar-refractivity contribution in [3.05, 3.63) is 28.4 Å². The molecule has 68 valence electrons. The lowest BCUT2D eigenvalue weighted by Crippen LogP contribution is -2.42. The highest BCUT2D eigenvalue weighted by atomic mass is 16.2. The van der Waals surface area contributed by atoms with E-state index < -0.39 is 0 Å². The average molecular weight is 179 g/mol. The molecule has 0 bridgehead atoms. The van der Waals surface area contributed by atoms with Crippen molar-refractivity contribution in [3.8, 4) is 0 Å². The minimum atomic E-state index is -0.293. The van der Waals surface area contributed by atoms with E-state index in [2.05, 4.69) is 9.97 Å². The molecule has 1 saturated heterocycles. The Hall–Kier alpha value is -1.65. The number of hydrogen-bond donors (Lipinski definition) is 1. The lowest BCUT2D eigenvalue weighted by Gasteiger charge is -2.30. The predicted molar refractivity (Wildman–Crippen MR) is 45.4 cm³/mol. The number of carbonyl (C=O) groups excluding carboxylic acids is 1. The number of aromatic amines is 1. The molecule has 0 spiro atoms. The summed E-state index contributed by atoms with van der Waals surface area (Å²) in [6.45, 7) is 1.54. The maximum atomic E-state index is 11.5. The normalized spacial score (nSPS) is 15.2. The SMILES string of the molecule is O=C(c1cc(=O)[nH]cn1)N1CCC1. The summed E-state index contributed by atoms with van der Waals surface area (Å²) in [5, 5.41) is 0. The Balaban J connectivity index is 2.24. The van der Waals surface area contributed by atoms with Crippen LogP contribution in [0.4, 0.5) is 0 Å². The van der Waals surface area contributed by atoms with Crippen LogP contribution in [0.2, 0.25) is 0 Å². The van der Waals surface area contributed by atoms with Gasteiger partial charge < -0.3 is 9.88 Å². The summed E-state index contributed by atoms with van der Waals surface area (Å²) in [5.41, 5.74) is -0.0673.